The quantitative estimate of drug-likeness (QED) is 0.385. The van der Waals surface area contributed by atoms with Crippen LogP contribution < -0.4 is 5.32 Å². The molecule has 1 saturated heterocycles. The lowest BCUT2D eigenvalue weighted by Gasteiger charge is -2.36. The van der Waals surface area contributed by atoms with Crippen molar-refractivity contribution in [3.05, 3.63) is 18.0 Å². The molecule has 2 unspecified atom stereocenters. The number of aryl methyl sites for hydroxylation is 1. The van der Waals surface area contributed by atoms with Gasteiger partial charge in [0.1, 0.15) is 6.10 Å². The van der Waals surface area contributed by atoms with Gasteiger partial charge in [-0.3, -0.25) is 9.67 Å². The van der Waals surface area contributed by atoms with E-state index in [1.807, 2.05) is 31.2 Å². The van der Waals surface area contributed by atoms with E-state index in [2.05, 4.69) is 53.2 Å². The van der Waals surface area contributed by atoms with Crippen LogP contribution in [0.3, 0.4) is 0 Å². The van der Waals surface area contributed by atoms with Gasteiger partial charge in [0.25, 0.3) is 0 Å². The number of morpholine rings is 1. The number of hydrogen-bond acceptors (Lipinski definition) is 4. The molecule has 26 heavy (non-hydrogen) atoms. The van der Waals surface area contributed by atoms with Crippen LogP contribution in [0.4, 0.5) is 0 Å². The van der Waals surface area contributed by atoms with Crippen molar-refractivity contribution in [3.63, 3.8) is 0 Å². The van der Waals surface area contributed by atoms with E-state index in [0.29, 0.717) is 18.6 Å². The first-order valence-electron chi connectivity index (χ1n) is 9.12. The van der Waals surface area contributed by atoms with E-state index in [-0.39, 0.29) is 30.1 Å². The van der Waals surface area contributed by atoms with Crippen LogP contribution in [0.2, 0.25) is 0 Å². The lowest BCUT2D eigenvalue weighted by atomic mass is 10.0. The first-order valence-corrected chi connectivity index (χ1v) is 9.12. The van der Waals surface area contributed by atoms with Gasteiger partial charge < -0.3 is 19.9 Å². The Morgan fingerprint density at radius 2 is 2.19 bits per heavy atom. The summed E-state index contributed by atoms with van der Waals surface area (Å²) in [6.45, 7) is 7.78. The molecule has 0 bridgehead atoms. The molecular formula is C18H35IN6O. The van der Waals surface area contributed by atoms with Gasteiger partial charge in [-0.1, -0.05) is 13.8 Å². The second-order valence-corrected chi connectivity index (χ2v) is 7.43. The highest BCUT2D eigenvalue weighted by Crippen LogP contribution is 2.21. The zero-order chi connectivity index (χ0) is 18.4. The SMILES string of the molecule is CN=C(NCC(CC(C)C)N(C)C)N1CCOC(c2cnn(C)c2)C1.I. The number of guanidine groups is 1. The molecule has 8 heteroatoms. The molecule has 0 aliphatic carbocycles. The van der Waals surface area contributed by atoms with Crippen LogP contribution in [0.1, 0.15) is 31.9 Å². The fraction of sp³-hybridized carbons (Fsp3) is 0.778. The van der Waals surface area contributed by atoms with Gasteiger partial charge in [0, 0.05) is 45.0 Å². The molecular weight excluding hydrogens is 443 g/mol. The van der Waals surface area contributed by atoms with Gasteiger partial charge >= 0.3 is 0 Å². The van der Waals surface area contributed by atoms with Crippen molar-refractivity contribution < 1.29 is 4.74 Å². The Labute approximate surface area is 175 Å². The Hall–Kier alpha value is -0.870. The summed E-state index contributed by atoms with van der Waals surface area (Å²) in [6, 6.07) is 0.493. The Balaban J connectivity index is 0.00000338. The first-order chi connectivity index (χ1) is 11.9. The van der Waals surface area contributed by atoms with E-state index in [1.165, 1.54) is 6.42 Å². The van der Waals surface area contributed by atoms with Crippen molar-refractivity contribution in [2.75, 3.05) is 47.4 Å². The molecule has 2 atom stereocenters. The van der Waals surface area contributed by atoms with Crippen molar-refractivity contribution in [1.82, 2.24) is 24.9 Å². The van der Waals surface area contributed by atoms with Crippen molar-refractivity contribution >= 4 is 29.9 Å². The van der Waals surface area contributed by atoms with E-state index in [1.54, 1.807) is 0 Å². The highest BCUT2D eigenvalue weighted by molar-refractivity contribution is 14.0. The maximum absolute atomic E-state index is 5.93. The van der Waals surface area contributed by atoms with Crippen molar-refractivity contribution in [2.45, 2.75) is 32.4 Å². The second-order valence-electron chi connectivity index (χ2n) is 7.43. The summed E-state index contributed by atoms with van der Waals surface area (Å²) >= 11 is 0. The van der Waals surface area contributed by atoms with E-state index in [4.69, 9.17) is 4.74 Å². The Morgan fingerprint density at radius 1 is 1.46 bits per heavy atom. The molecule has 1 aromatic rings. The highest BCUT2D eigenvalue weighted by atomic mass is 127. The third kappa shape index (κ3) is 6.70. The molecule has 0 aromatic carbocycles. The maximum Gasteiger partial charge on any atom is 0.193 e. The lowest BCUT2D eigenvalue weighted by molar-refractivity contribution is -0.00812. The molecule has 1 aliphatic heterocycles. The molecule has 0 spiro atoms. The number of rotatable bonds is 6. The van der Waals surface area contributed by atoms with Crippen molar-refractivity contribution in [2.24, 2.45) is 18.0 Å². The number of aromatic nitrogens is 2. The average molecular weight is 478 g/mol. The Bertz CT molecular complexity index is 560. The van der Waals surface area contributed by atoms with Crippen LogP contribution in [0.25, 0.3) is 0 Å². The zero-order valence-corrected chi connectivity index (χ0v) is 19.3. The Kier molecular flexibility index (Phi) is 9.88. The van der Waals surface area contributed by atoms with Crippen LogP contribution >= 0.6 is 24.0 Å². The topological polar surface area (TPSA) is 57.9 Å². The van der Waals surface area contributed by atoms with Gasteiger partial charge in [-0.25, -0.2) is 0 Å². The second kappa shape index (κ2) is 11.1. The summed E-state index contributed by atoms with van der Waals surface area (Å²) in [5.74, 6) is 1.63. The van der Waals surface area contributed by atoms with Crippen LogP contribution in [0.5, 0.6) is 0 Å². The smallest absolute Gasteiger partial charge is 0.193 e. The molecule has 1 aliphatic rings. The fourth-order valence-electron chi connectivity index (χ4n) is 3.21. The predicted molar refractivity (Wildman–Crippen MR) is 117 cm³/mol. The first kappa shape index (κ1) is 23.2. The van der Waals surface area contributed by atoms with Gasteiger partial charge in [-0.2, -0.15) is 5.10 Å². The minimum Gasteiger partial charge on any atom is -0.370 e. The van der Waals surface area contributed by atoms with Crippen LogP contribution in [0, 0.1) is 5.92 Å². The molecule has 0 saturated carbocycles. The summed E-state index contributed by atoms with van der Waals surface area (Å²) in [5.41, 5.74) is 1.12. The van der Waals surface area contributed by atoms with Gasteiger partial charge in [0.2, 0.25) is 0 Å². The molecule has 0 radical (unpaired) electrons. The summed E-state index contributed by atoms with van der Waals surface area (Å²) in [7, 11) is 8.07. The fourth-order valence-corrected chi connectivity index (χ4v) is 3.21. The monoisotopic (exact) mass is 478 g/mol. The van der Waals surface area contributed by atoms with Crippen LogP contribution in [-0.2, 0) is 11.8 Å². The minimum absolute atomic E-state index is 0. The Morgan fingerprint density at radius 3 is 2.73 bits per heavy atom. The number of aliphatic imine (C=N–C) groups is 1. The predicted octanol–water partition coefficient (Wildman–Crippen LogP) is 1.96. The largest absolute Gasteiger partial charge is 0.370 e. The molecule has 2 rings (SSSR count). The van der Waals surface area contributed by atoms with E-state index in [0.717, 1.165) is 31.2 Å². The third-order valence-electron chi connectivity index (χ3n) is 4.64. The van der Waals surface area contributed by atoms with Crippen molar-refractivity contribution in [1.29, 1.82) is 0 Å². The number of hydrogen-bond donors (Lipinski definition) is 1. The minimum atomic E-state index is 0. The van der Waals surface area contributed by atoms with Gasteiger partial charge in [0.05, 0.1) is 19.3 Å². The lowest BCUT2D eigenvalue weighted by Crippen LogP contribution is -2.51. The number of ether oxygens (including phenoxy) is 1. The summed E-state index contributed by atoms with van der Waals surface area (Å²) in [4.78, 5) is 9.06. The highest BCUT2D eigenvalue weighted by Gasteiger charge is 2.25. The molecule has 1 N–H and O–H groups in total. The maximum atomic E-state index is 5.93. The molecule has 2 heterocycles. The van der Waals surface area contributed by atoms with E-state index >= 15 is 0 Å². The number of nitrogens with zero attached hydrogens (tertiary/aromatic N) is 5. The van der Waals surface area contributed by atoms with Gasteiger partial charge in [-0.15, -0.1) is 24.0 Å². The number of halogens is 1. The van der Waals surface area contributed by atoms with Gasteiger partial charge in [0.15, 0.2) is 5.96 Å². The molecule has 7 nitrogen and oxygen atoms in total. The average Bonchev–Trinajstić information content (AvgIpc) is 3.00. The number of likely N-dealkylation sites (N-methyl/N-ethyl adjacent to an activating group) is 1. The zero-order valence-electron chi connectivity index (χ0n) is 17.0. The standard InChI is InChI=1S/C18H34N6O.HI/c1-14(2)9-16(22(4)5)11-20-18(19-3)24-7-8-25-17(13-24)15-10-21-23(6)12-15;/h10,12,14,16-17H,7-9,11,13H2,1-6H3,(H,19,20);1H. The summed E-state index contributed by atoms with van der Waals surface area (Å²) in [6.07, 6.45) is 5.11. The van der Waals surface area contributed by atoms with E-state index < -0.39 is 0 Å². The molecule has 0 amide bonds. The van der Waals surface area contributed by atoms with Crippen molar-refractivity contribution in [3.8, 4) is 0 Å². The summed E-state index contributed by atoms with van der Waals surface area (Å²) < 4.78 is 7.75. The summed E-state index contributed by atoms with van der Waals surface area (Å²) in [5, 5.41) is 7.82. The molecule has 1 fully saturated rings. The third-order valence-corrected chi connectivity index (χ3v) is 4.64. The van der Waals surface area contributed by atoms with Crippen LogP contribution in [-0.4, -0.2) is 79.0 Å². The van der Waals surface area contributed by atoms with E-state index in [9.17, 15) is 0 Å². The normalized spacial score (nSPS) is 19.6. The number of nitrogens with one attached hydrogen (secondary N) is 1. The van der Waals surface area contributed by atoms with Gasteiger partial charge in [-0.05, 0) is 26.4 Å². The molecule has 150 valence electrons. The molecule has 1 aromatic heterocycles. The van der Waals surface area contributed by atoms with Crippen LogP contribution in [0.15, 0.2) is 17.4 Å².